The van der Waals surface area contributed by atoms with Crippen molar-refractivity contribution in [2.75, 3.05) is 6.61 Å². The summed E-state index contributed by atoms with van der Waals surface area (Å²) in [6.45, 7) is 0.622. The standard InChI is InChI=1S/C3H4O2/c4-1-3-2-5-3/h1,4H,2H2. The summed E-state index contributed by atoms with van der Waals surface area (Å²) in [6, 6.07) is 0. The minimum atomic E-state index is 0.622. The molecule has 1 N–H and O–H groups in total. The zero-order valence-electron chi connectivity index (χ0n) is 2.64. The van der Waals surface area contributed by atoms with E-state index in [4.69, 9.17) is 5.11 Å². The highest BCUT2D eigenvalue weighted by atomic mass is 16.6. The van der Waals surface area contributed by atoms with Gasteiger partial charge in [0, 0.05) is 0 Å². The summed E-state index contributed by atoms with van der Waals surface area (Å²) in [5.74, 6) is 0.685. The van der Waals surface area contributed by atoms with Gasteiger partial charge in [-0.05, 0) is 0 Å². The number of epoxide rings is 1. The molecule has 0 amide bonds. The second-order valence-corrected chi connectivity index (χ2v) is 0.884. The van der Waals surface area contributed by atoms with Crippen molar-refractivity contribution >= 4 is 0 Å². The second kappa shape index (κ2) is 0.641. The molecule has 0 aromatic heterocycles. The van der Waals surface area contributed by atoms with Crippen LogP contribution >= 0.6 is 0 Å². The fourth-order valence-corrected chi connectivity index (χ4v) is 0.116. The number of aliphatic hydroxyl groups is 1. The summed E-state index contributed by atoms with van der Waals surface area (Å²) in [5, 5.41) is 7.92. The Bertz CT molecular complexity index is 59.3. The molecular weight excluding hydrogens is 68.0 g/mol. The lowest BCUT2D eigenvalue weighted by Gasteiger charge is -1.53. The molecular formula is C3H4O2. The van der Waals surface area contributed by atoms with E-state index in [1.54, 1.807) is 0 Å². The van der Waals surface area contributed by atoms with Gasteiger partial charge in [0.25, 0.3) is 0 Å². The molecule has 1 heterocycles. The summed E-state index contributed by atoms with van der Waals surface area (Å²) in [7, 11) is 0. The van der Waals surface area contributed by atoms with Gasteiger partial charge in [-0.15, -0.1) is 0 Å². The Hall–Kier alpha value is -0.660. The maximum atomic E-state index is 7.92. The Morgan fingerprint density at radius 1 is 2.00 bits per heavy atom. The van der Waals surface area contributed by atoms with Gasteiger partial charge in [0.1, 0.15) is 12.9 Å². The largest absolute Gasteiger partial charge is 0.512 e. The highest BCUT2D eigenvalue weighted by Gasteiger charge is 2.10. The van der Waals surface area contributed by atoms with E-state index >= 15 is 0 Å². The Labute approximate surface area is 29.7 Å². The van der Waals surface area contributed by atoms with E-state index in [2.05, 4.69) is 4.74 Å². The molecule has 0 bridgehead atoms. The molecule has 0 atom stereocenters. The van der Waals surface area contributed by atoms with E-state index in [9.17, 15) is 0 Å². The lowest BCUT2D eigenvalue weighted by Crippen LogP contribution is -1.43. The molecule has 1 aliphatic rings. The van der Waals surface area contributed by atoms with Crippen LogP contribution in [0.15, 0.2) is 12.0 Å². The highest BCUT2D eigenvalue weighted by Crippen LogP contribution is 2.10. The van der Waals surface area contributed by atoms with Gasteiger partial charge in [-0.25, -0.2) is 0 Å². The van der Waals surface area contributed by atoms with Crippen LogP contribution in [-0.2, 0) is 4.74 Å². The fourth-order valence-electron chi connectivity index (χ4n) is 0.116. The first-order chi connectivity index (χ1) is 2.43. The summed E-state index contributed by atoms with van der Waals surface area (Å²) in [5.41, 5.74) is 0. The minimum absolute atomic E-state index is 0.622. The van der Waals surface area contributed by atoms with Crippen molar-refractivity contribution in [3.63, 3.8) is 0 Å². The van der Waals surface area contributed by atoms with Gasteiger partial charge in [0.15, 0.2) is 5.76 Å². The smallest absolute Gasteiger partial charge is 0.168 e. The lowest BCUT2D eigenvalue weighted by molar-refractivity contribution is 0.442. The summed E-state index contributed by atoms with van der Waals surface area (Å²) in [4.78, 5) is 0. The van der Waals surface area contributed by atoms with E-state index in [1.165, 1.54) is 0 Å². The van der Waals surface area contributed by atoms with Crippen LogP contribution in [0, 0.1) is 0 Å². The molecule has 0 aromatic rings. The summed E-state index contributed by atoms with van der Waals surface area (Å²) in [6.07, 6.45) is 0.972. The molecule has 0 aliphatic carbocycles. The van der Waals surface area contributed by atoms with Crippen LogP contribution in [0.25, 0.3) is 0 Å². The molecule has 28 valence electrons. The number of rotatable bonds is 0. The van der Waals surface area contributed by atoms with E-state index in [0.29, 0.717) is 12.4 Å². The molecule has 2 heteroatoms. The number of hydrogen-bond acceptors (Lipinski definition) is 2. The van der Waals surface area contributed by atoms with Crippen LogP contribution in [0.4, 0.5) is 0 Å². The van der Waals surface area contributed by atoms with Crippen molar-refractivity contribution in [3.8, 4) is 0 Å². The van der Waals surface area contributed by atoms with Gasteiger partial charge in [0.2, 0.25) is 0 Å². The Kier molecular flexibility index (Phi) is 0.330. The van der Waals surface area contributed by atoms with Crippen LogP contribution in [0.1, 0.15) is 0 Å². The molecule has 1 aliphatic heterocycles. The minimum Gasteiger partial charge on any atom is -0.512 e. The predicted molar refractivity (Wildman–Crippen MR) is 16.7 cm³/mol. The van der Waals surface area contributed by atoms with Crippen molar-refractivity contribution in [1.82, 2.24) is 0 Å². The van der Waals surface area contributed by atoms with Crippen LogP contribution in [0.3, 0.4) is 0 Å². The van der Waals surface area contributed by atoms with Gasteiger partial charge in [0.05, 0.1) is 0 Å². The molecule has 0 unspecified atom stereocenters. The first-order valence-electron chi connectivity index (χ1n) is 1.39. The van der Waals surface area contributed by atoms with Crippen molar-refractivity contribution in [2.45, 2.75) is 0 Å². The predicted octanol–water partition coefficient (Wildman–Crippen LogP) is 0.416. The quantitative estimate of drug-likeness (QED) is 0.332. The first kappa shape index (κ1) is 2.57. The molecule has 0 radical (unpaired) electrons. The van der Waals surface area contributed by atoms with Crippen molar-refractivity contribution in [1.29, 1.82) is 0 Å². The lowest BCUT2D eigenvalue weighted by atomic mass is 10.7. The van der Waals surface area contributed by atoms with Gasteiger partial charge in [-0.1, -0.05) is 0 Å². The molecule has 5 heavy (non-hydrogen) atoms. The third-order valence-corrected chi connectivity index (χ3v) is 0.455. The van der Waals surface area contributed by atoms with Crippen LogP contribution in [0.2, 0.25) is 0 Å². The highest BCUT2D eigenvalue weighted by molar-refractivity contribution is 4.98. The van der Waals surface area contributed by atoms with Gasteiger partial charge in [-0.3, -0.25) is 0 Å². The van der Waals surface area contributed by atoms with Crippen LogP contribution in [0.5, 0.6) is 0 Å². The van der Waals surface area contributed by atoms with E-state index in [-0.39, 0.29) is 0 Å². The Balaban J connectivity index is 2.46. The van der Waals surface area contributed by atoms with Gasteiger partial charge in [-0.2, -0.15) is 0 Å². The topological polar surface area (TPSA) is 32.8 Å². The van der Waals surface area contributed by atoms with E-state index in [0.717, 1.165) is 6.26 Å². The average Bonchev–Trinajstić information content (AvgIpc) is 2.12. The summed E-state index contributed by atoms with van der Waals surface area (Å²) >= 11 is 0. The zero-order valence-corrected chi connectivity index (χ0v) is 2.64. The molecule has 0 spiro atoms. The van der Waals surface area contributed by atoms with Crippen molar-refractivity contribution in [2.24, 2.45) is 0 Å². The number of hydrogen-bond donors (Lipinski definition) is 1. The molecule has 0 saturated carbocycles. The zero-order chi connectivity index (χ0) is 3.70. The van der Waals surface area contributed by atoms with Gasteiger partial charge >= 0.3 is 0 Å². The monoisotopic (exact) mass is 72.0 g/mol. The van der Waals surface area contributed by atoms with Crippen LogP contribution < -0.4 is 0 Å². The third-order valence-electron chi connectivity index (χ3n) is 0.455. The SMILES string of the molecule is OC=C1CO1. The van der Waals surface area contributed by atoms with Crippen molar-refractivity contribution < 1.29 is 9.84 Å². The molecule has 0 aromatic carbocycles. The number of ether oxygens (including phenoxy) is 1. The maximum Gasteiger partial charge on any atom is 0.168 e. The van der Waals surface area contributed by atoms with Crippen molar-refractivity contribution in [3.05, 3.63) is 12.0 Å². The Morgan fingerprint density at radius 2 is 2.60 bits per heavy atom. The van der Waals surface area contributed by atoms with E-state index in [1.807, 2.05) is 0 Å². The maximum absolute atomic E-state index is 7.92. The summed E-state index contributed by atoms with van der Waals surface area (Å²) < 4.78 is 4.47. The number of aliphatic hydroxyl groups excluding tert-OH is 1. The average molecular weight is 72.1 g/mol. The second-order valence-electron chi connectivity index (χ2n) is 0.884. The molecule has 1 rings (SSSR count). The third kappa shape index (κ3) is 0.318. The fraction of sp³-hybridized carbons (Fsp3) is 0.333. The molecule has 1 saturated heterocycles. The van der Waals surface area contributed by atoms with E-state index < -0.39 is 0 Å². The normalized spacial score (nSPS) is 26.0. The van der Waals surface area contributed by atoms with Gasteiger partial charge < -0.3 is 9.84 Å². The van der Waals surface area contributed by atoms with Crippen LogP contribution in [-0.4, -0.2) is 11.7 Å². The molecule has 1 fully saturated rings. The molecule has 2 nitrogen and oxygen atoms in total. The first-order valence-corrected chi connectivity index (χ1v) is 1.39. The Morgan fingerprint density at radius 3 is 2.60 bits per heavy atom.